The van der Waals surface area contributed by atoms with Gasteiger partial charge in [-0.3, -0.25) is 4.79 Å². The van der Waals surface area contributed by atoms with Crippen LogP contribution in [0.1, 0.15) is 17.2 Å². The number of rotatable bonds is 2. The van der Waals surface area contributed by atoms with Gasteiger partial charge in [-0.05, 0) is 12.1 Å². The number of aliphatic carboxylic acids is 1. The number of hydrogen-bond acceptors (Lipinski definition) is 2. The Morgan fingerprint density at radius 2 is 1.71 bits per heavy atom. The second kappa shape index (κ2) is 4.72. The maximum atomic E-state index is 12.4. The Labute approximate surface area is 104 Å². The van der Waals surface area contributed by atoms with E-state index in [0.717, 1.165) is 0 Å². The summed E-state index contributed by atoms with van der Waals surface area (Å²) in [4.78, 5) is 10.6. The van der Waals surface area contributed by atoms with Crippen LogP contribution >= 0.6 is 23.2 Å². The van der Waals surface area contributed by atoms with Crippen molar-refractivity contribution in [3.63, 3.8) is 0 Å². The molecule has 0 fully saturated rings. The maximum absolute atomic E-state index is 12.4. The monoisotopic (exact) mass is 287 g/mol. The van der Waals surface area contributed by atoms with E-state index in [1.165, 1.54) is 0 Å². The van der Waals surface area contributed by atoms with Crippen LogP contribution in [0.25, 0.3) is 0 Å². The molecule has 0 unspecified atom stereocenters. The molecule has 0 saturated heterocycles. The molecule has 1 aromatic rings. The van der Waals surface area contributed by atoms with Gasteiger partial charge in [0.2, 0.25) is 0 Å². The molecule has 0 heterocycles. The summed E-state index contributed by atoms with van der Waals surface area (Å²) in [6.45, 7) is 0. The fourth-order valence-electron chi connectivity index (χ4n) is 1.17. The van der Waals surface area contributed by atoms with Crippen molar-refractivity contribution in [1.29, 1.82) is 0 Å². The Bertz CT molecular complexity index is 439. The summed E-state index contributed by atoms with van der Waals surface area (Å²) < 4.78 is 37.1. The van der Waals surface area contributed by atoms with E-state index in [-0.39, 0.29) is 5.56 Å². The van der Waals surface area contributed by atoms with E-state index in [9.17, 15) is 18.0 Å². The third-order valence-electron chi connectivity index (χ3n) is 1.98. The van der Waals surface area contributed by atoms with Crippen LogP contribution in [0.15, 0.2) is 12.1 Å². The standard InChI is InChI=1S/C9H6Cl2F3NO2/c10-4-1-3(9(12,13)14)2-5(11)6(4)7(15)8(16)17/h1-2,7H,15H2,(H,16,17)/t7-/m0/s1. The molecule has 0 aliphatic heterocycles. The zero-order chi connectivity index (χ0) is 13.4. The molecule has 0 radical (unpaired) electrons. The first-order valence-corrected chi connectivity index (χ1v) is 4.94. The van der Waals surface area contributed by atoms with E-state index < -0.39 is 33.8 Å². The van der Waals surface area contributed by atoms with Gasteiger partial charge in [0, 0.05) is 15.6 Å². The van der Waals surface area contributed by atoms with Gasteiger partial charge in [0.1, 0.15) is 6.04 Å². The number of carbonyl (C=O) groups is 1. The van der Waals surface area contributed by atoms with Crippen LogP contribution in [-0.4, -0.2) is 11.1 Å². The van der Waals surface area contributed by atoms with Crippen molar-refractivity contribution < 1.29 is 23.1 Å². The Hall–Kier alpha value is -0.980. The topological polar surface area (TPSA) is 63.3 Å². The van der Waals surface area contributed by atoms with Crippen LogP contribution < -0.4 is 5.73 Å². The Morgan fingerprint density at radius 1 is 1.29 bits per heavy atom. The highest BCUT2D eigenvalue weighted by Crippen LogP contribution is 2.37. The van der Waals surface area contributed by atoms with E-state index >= 15 is 0 Å². The maximum Gasteiger partial charge on any atom is 0.416 e. The molecule has 8 heteroatoms. The smallest absolute Gasteiger partial charge is 0.416 e. The summed E-state index contributed by atoms with van der Waals surface area (Å²) in [6, 6.07) is -0.394. The van der Waals surface area contributed by atoms with Gasteiger partial charge in [-0.25, -0.2) is 0 Å². The number of halogens is 5. The van der Waals surface area contributed by atoms with Crippen molar-refractivity contribution in [2.24, 2.45) is 5.73 Å². The minimum Gasteiger partial charge on any atom is -0.480 e. The van der Waals surface area contributed by atoms with Crippen molar-refractivity contribution in [2.45, 2.75) is 12.2 Å². The lowest BCUT2D eigenvalue weighted by molar-refractivity contribution is -0.138. The zero-order valence-electron chi connectivity index (χ0n) is 8.05. The molecule has 0 aliphatic carbocycles. The van der Waals surface area contributed by atoms with Crippen LogP contribution in [-0.2, 0) is 11.0 Å². The number of nitrogens with two attached hydrogens (primary N) is 1. The van der Waals surface area contributed by atoms with E-state index in [1.54, 1.807) is 0 Å². The third kappa shape index (κ3) is 3.02. The van der Waals surface area contributed by atoms with Gasteiger partial charge in [-0.2, -0.15) is 13.2 Å². The molecule has 0 saturated carbocycles. The molecule has 0 spiro atoms. The fourth-order valence-corrected chi connectivity index (χ4v) is 1.89. The molecule has 94 valence electrons. The summed E-state index contributed by atoms with van der Waals surface area (Å²) in [6.07, 6.45) is -4.61. The molecule has 0 bridgehead atoms. The number of carboxylic acid groups (broad SMARTS) is 1. The molecule has 1 aromatic carbocycles. The number of carboxylic acids is 1. The third-order valence-corrected chi connectivity index (χ3v) is 2.61. The van der Waals surface area contributed by atoms with Crippen molar-refractivity contribution in [3.8, 4) is 0 Å². The highest BCUT2D eigenvalue weighted by atomic mass is 35.5. The lowest BCUT2D eigenvalue weighted by Gasteiger charge is -2.14. The minimum absolute atomic E-state index is 0.242. The van der Waals surface area contributed by atoms with Gasteiger partial charge in [0.05, 0.1) is 5.56 Å². The van der Waals surface area contributed by atoms with Crippen LogP contribution in [0.4, 0.5) is 13.2 Å². The minimum atomic E-state index is -4.61. The van der Waals surface area contributed by atoms with Crippen molar-refractivity contribution in [2.75, 3.05) is 0 Å². The van der Waals surface area contributed by atoms with Gasteiger partial charge in [-0.15, -0.1) is 0 Å². The first-order valence-electron chi connectivity index (χ1n) is 4.19. The van der Waals surface area contributed by atoms with Gasteiger partial charge < -0.3 is 10.8 Å². The van der Waals surface area contributed by atoms with Crippen molar-refractivity contribution >= 4 is 29.2 Å². The highest BCUT2D eigenvalue weighted by Gasteiger charge is 2.33. The summed E-state index contributed by atoms with van der Waals surface area (Å²) in [5.41, 5.74) is 3.95. The van der Waals surface area contributed by atoms with Crippen LogP contribution in [0, 0.1) is 0 Å². The highest BCUT2D eigenvalue weighted by molar-refractivity contribution is 6.36. The normalized spacial score (nSPS) is 13.5. The molecule has 0 amide bonds. The number of benzene rings is 1. The van der Waals surface area contributed by atoms with Crippen molar-refractivity contribution in [3.05, 3.63) is 33.3 Å². The van der Waals surface area contributed by atoms with Gasteiger partial charge >= 0.3 is 12.1 Å². The molecular formula is C9H6Cl2F3NO2. The number of alkyl halides is 3. The number of hydrogen-bond donors (Lipinski definition) is 2. The molecule has 0 aliphatic rings. The summed E-state index contributed by atoms with van der Waals surface area (Å²) in [7, 11) is 0. The van der Waals surface area contributed by atoms with Crippen LogP contribution in [0.5, 0.6) is 0 Å². The molecule has 17 heavy (non-hydrogen) atoms. The van der Waals surface area contributed by atoms with Gasteiger partial charge in [0.15, 0.2) is 0 Å². The summed E-state index contributed by atoms with van der Waals surface area (Å²) in [5.74, 6) is -1.44. The zero-order valence-corrected chi connectivity index (χ0v) is 9.57. The van der Waals surface area contributed by atoms with E-state index in [0.29, 0.717) is 12.1 Å². The summed E-state index contributed by atoms with van der Waals surface area (Å²) >= 11 is 11.1. The molecule has 1 atom stereocenters. The van der Waals surface area contributed by atoms with E-state index in [2.05, 4.69) is 0 Å². The first-order chi connectivity index (χ1) is 7.64. The Kier molecular flexibility index (Phi) is 3.91. The lowest BCUT2D eigenvalue weighted by atomic mass is 10.0. The fraction of sp³-hybridized carbons (Fsp3) is 0.222. The second-order valence-corrected chi connectivity index (χ2v) is 3.98. The van der Waals surface area contributed by atoms with Crippen LogP contribution in [0.2, 0.25) is 10.0 Å². The van der Waals surface area contributed by atoms with E-state index in [4.69, 9.17) is 34.0 Å². The van der Waals surface area contributed by atoms with Crippen molar-refractivity contribution in [1.82, 2.24) is 0 Å². The average Bonchev–Trinajstić information content (AvgIpc) is 2.14. The molecule has 0 aromatic heterocycles. The van der Waals surface area contributed by atoms with Gasteiger partial charge in [-0.1, -0.05) is 23.2 Å². The lowest BCUT2D eigenvalue weighted by Crippen LogP contribution is -2.22. The van der Waals surface area contributed by atoms with Crippen LogP contribution in [0.3, 0.4) is 0 Å². The quantitative estimate of drug-likeness (QED) is 0.879. The Balaban J connectivity index is 3.34. The summed E-state index contributed by atoms with van der Waals surface area (Å²) in [5, 5.41) is 7.79. The molecule has 3 nitrogen and oxygen atoms in total. The average molecular weight is 288 g/mol. The largest absolute Gasteiger partial charge is 0.480 e. The SMILES string of the molecule is N[C@H](C(=O)O)c1c(Cl)cc(C(F)(F)F)cc1Cl. The predicted molar refractivity (Wildman–Crippen MR) is 56.0 cm³/mol. The van der Waals surface area contributed by atoms with E-state index in [1.807, 2.05) is 0 Å². The molecular weight excluding hydrogens is 282 g/mol. The second-order valence-electron chi connectivity index (χ2n) is 3.17. The molecule has 3 N–H and O–H groups in total. The predicted octanol–water partition coefficient (Wildman–Crippen LogP) is 3.10. The molecule has 1 rings (SSSR count). The van der Waals surface area contributed by atoms with Gasteiger partial charge in [0.25, 0.3) is 0 Å². The first kappa shape index (κ1) is 14.1. The Morgan fingerprint density at radius 3 is 2.00 bits per heavy atom.